The van der Waals surface area contributed by atoms with Gasteiger partial charge < -0.3 is 14.8 Å². The Morgan fingerprint density at radius 2 is 1.95 bits per heavy atom. The predicted molar refractivity (Wildman–Crippen MR) is 78.4 cm³/mol. The lowest BCUT2D eigenvalue weighted by atomic mass is 9.79. The van der Waals surface area contributed by atoms with Crippen molar-refractivity contribution in [1.29, 1.82) is 0 Å². The summed E-state index contributed by atoms with van der Waals surface area (Å²) >= 11 is 0. The molecule has 0 spiro atoms. The summed E-state index contributed by atoms with van der Waals surface area (Å²) in [4.78, 5) is 0. The molecule has 2 aliphatic rings. The van der Waals surface area contributed by atoms with E-state index in [2.05, 4.69) is 18.4 Å². The second-order valence-electron chi connectivity index (χ2n) is 5.83. The van der Waals surface area contributed by atoms with Crippen molar-refractivity contribution in [1.82, 2.24) is 5.32 Å². The molecule has 0 radical (unpaired) electrons. The summed E-state index contributed by atoms with van der Waals surface area (Å²) in [6.45, 7) is 1.64. The number of hydrogen-bond acceptors (Lipinski definition) is 3. The van der Waals surface area contributed by atoms with Crippen molar-refractivity contribution in [2.45, 2.75) is 63.0 Å². The molecule has 0 aromatic rings. The predicted octanol–water partition coefficient (Wildman–Crippen LogP) is 3.05. The van der Waals surface area contributed by atoms with Gasteiger partial charge in [0.1, 0.15) is 0 Å². The van der Waals surface area contributed by atoms with Crippen molar-refractivity contribution >= 4 is 0 Å². The molecule has 0 saturated carbocycles. The first kappa shape index (κ1) is 15.0. The molecule has 110 valence electrons. The van der Waals surface area contributed by atoms with E-state index in [1.807, 2.05) is 7.11 Å². The molecule has 1 fully saturated rings. The smallest absolute Gasteiger partial charge is 0.0912 e. The molecule has 1 N–H and O–H groups in total. The molecule has 1 unspecified atom stereocenters. The molecule has 1 aliphatic carbocycles. The largest absolute Gasteiger partial charge is 0.381 e. The number of ether oxygens (including phenoxy) is 2. The number of methoxy groups -OCH3 is 1. The minimum Gasteiger partial charge on any atom is -0.381 e. The molecule has 3 heteroatoms. The summed E-state index contributed by atoms with van der Waals surface area (Å²) in [5.74, 6) is 0. The molecule has 3 nitrogen and oxygen atoms in total. The molecule has 0 amide bonds. The van der Waals surface area contributed by atoms with E-state index in [9.17, 15) is 0 Å². The highest BCUT2D eigenvalue weighted by atomic mass is 16.5. The highest BCUT2D eigenvalue weighted by molar-refractivity contribution is 5.19. The van der Waals surface area contributed by atoms with Crippen LogP contribution in [0.2, 0.25) is 0 Å². The van der Waals surface area contributed by atoms with E-state index < -0.39 is 0 Å². The Bertz CT molecular complexity index is 295. The highest BCUT2D eigenvalue weighted by Crippen LogP contribution is 2.34. The second-order valence-corrected chi connectivity index (χ2v) is 5.83. The van der Waals surface area contributed by atoms with E-state index in [1.54, 1.807) is 5.57 Å². The van der Waals surface area contributed by atoms with Crippen molar-refractivity contribution in [3.05, 3.63) is 11.6 Å². The van der Waals surface area contributed by atoms with E-state index in [-0.39, 0.29) is 5.60 Å². The standard InChI is InChI=1S/C16H29NO2/c1-17-15(14-8-6-4-3-5-7-9-14)16(18-2)10-12-19-13-11-16/h8,15,17H,3-7,9-13H2,1-2H3. The molecule has 1 aliphatic heterocycles. The number of rotatable bonds is 4. The van der Waals surface area contributed by atoms with Gasteiger partial charge in [-0.25, -0.2) is 0 Å². The fourth-order valence-electron chi connectivity index (χ4n) is 3.59. The molecule has 2 rings (SSSR count). The van der Waals surface area contributed by atoms with Gasteiger partial charge in [0, 0.05) is 33.2 Å². The van der Waals surface area contributed by atoms with Gasteiger partial charge in [0.2, 0.25) is 0 Å². The normalized spacial score (nSPS) is 26.1. The fraction of sp³-hybridized carbons (Fsp3) is 0.875. The van der Waals surface area contributed by atoms with Gasteiger partial charge >= 0.3 is 0 Å². The highest BCUT2D eigenvalue weighted by Gasteiger charge is 2.41. The van der Waals surface area contributed by atoms with Crippen LogP contribution in [-0.2, 0) is 9.47 Å². The maximum atomic E-state index is 5.97. The van der Waals surface area contributed by atoms with Gasteiger partial charge in [-0.2, -0.15) is 0 Å². The Kier molecular flexibility index (Phi) is 5.86. The molecule has 19 heavy (non-hydrogen) atoms. The summed E-state index contributed by atoms with van der Waals surface area (Å²) in [6.07, 6.45) is 12.3. The zero-order valence-electron chi connectivity index (χ0n) is 12.5. The summed E-state index contributed by atoms with van der Waals surface area (Å²) in [5, 5.41) is 3.53. The fourth-order valence-corrected chi connectivity index (χ4v) is 3.59. The average Bonchev–Trinajstić information content (AvgIpc) is 2.42. The van der Waals surface area contributed by atoms with Crippen molar-refractivity contribution in [2.24, 2.45) is 0 Å². The van der Waals surface area contributed by atoms with Crippen LogP contribution >= 0.6 is 0 Å². The third kappa shape index (κ3) is 3.59. The third-order valence-corrected chi connectivity index (χ3v) is 4.76. The summed E-state index contributed by atoms with van der Waals surface area (Å²) in [5.41, 5.74) is 1.49. The summed E-state index contributed by atoms with van der Waals surface area (Å²) in [6, 6.07) is 0.347. The number of hydrogen-bond donors (Lipinski definition) is 1. The minimum atomic E-state index is -0.0714. The van der Waals surface area contributed by atoms with Crippen molar-refractivity contribution in [3.63, 3.8) is 0 Å². The number of allylic oxidation sites excluding steroid dienone is 1. The number of likely N-dealkylation sites (N-methyl/N-ethyl adjacent to an activating group) is 1. The summed E-state index contributed by atoms with van der Waals surface area (Å²) < 4.78 is 11.5. The molecular formula is C16H29NO2. The maximum Gasteiger partial charge on any atom is 0.0912 e. The lowest BCUT2D eigenvalue weighted by Crippen LogP contribution is -2.55. The van der Waals surface area contributed by atoms with Crippen LogP contribution in [0.25, 0.3) is 0 Å². The van der Waals surface area contributed by atoms with Crippen molar-refractivity contribution in [2.75, 3.05) is 27.4 Å². The first-order valence-electron chi connectivity index (χ1n) is 7.81. The molecule has 0 aromatic heterocycles. The van der Waals surface area contributed by atoms with E-state index in [4.69, 9.17) is 9.47 Å². The van der Waals surface area contributed by atoms with Crippen LogP contribution in [0, 0.1) is 0 Å². The maximum absolute atomic E-state index is 5.97. The molecular weight excluding hydrogens is 238 g/mol. The van der Waals surface area contributed by atoms with Crippen LogP contribution in [0.5, 0.6) is 0 Å². The lowest BCUT2D eigenvalue weighted by Gasteiger charge is -2.43. The quantitative estimate of drug-likeness (QED) is 0.794. The Morgan fingerprint density at radius 3 is 2.63 bits per heavy atom. The van der Waals surface area contributed by atoms with Crippen molar-refractivity contribution in [3.8, 4) is 0 Å². The van der Waals surface area contributed by atoms with Gasteiger partial charge in [-0.3, -0.25) is 0 Å². The topological polar surface area (TPSA) is 30.5 Å². The average molecular weight is 267 g/mol. The monoisotopic (exact) mass is 267 g/mol. The first-order valence-corrected chi connectivity index (χ1v) is 7.81. The molecule has 0 bridgehead atoms. The van der Waals surface area contributed by atoms with Gasteiger partial charge in [0.25, 0.3) is 0 Å². The van der Waals surface area contributed by atoms with Crippen LogP contribution in [-0.4, -0.2) is 39.0 Å². The molecule has 1 heterocycles. The molecule has 1 saturated heterocycles. The first-order chi connectivity index (χ1) is 9.32. The zero-order valence-corrected chi connectivity index (χ0v) is 12.5. The SMILES string of the molecule is CNC(C1=CCCCCCC1)C1(OC)CCOCC1. The molecule has 0 aromatic carbocycles. The Morgan fingerprint density at radius 1 is 1.21 bits per heavy atom. The zero-order chi connectivity index (χ0) is 13.6. The third-order valence-electron chi connectivity index (χ3n) is 4.76. The molecule has 1 atom stereocenters. The van der Waals surface area contributed by atoms with Crippen LogP contribution in [0.1, 0.15) is 51.4 Å². The Hall–Kier alpha value is -0.380. The van der Waals surface area contributed by atoms with Crippen LogP contribution in [0.15, 0.2) is 11.6 Å². The van der Waals surface area contributed by atoms with E-state index in [1.165, 1.54) is 38.5 Å². The van der Waals surface area contributed by atoms with E-state index >= 15 is 0 Å². The lowest BCUT2D eigenvalue weighted by molar-refractivity contribution is -0.103. The van der Waals surface area contributed by atoms with E-state index in [0.29, 0.717) is 6.04 Å². The van der Waals surface area contributed by atoms with Crippen LogP contribution in [0.4, 0.5) is 0 Å². The van der Waals surface area contributed by atoms with Gasteiger partial charge in [-0.15, -0.1) is 0 Å². The van der Waals surface area contributed by atoms with Crippen molar-refractivity contribution < 1.29 is 9.47 Å². The Balaban J connectivity index is 2.15. The van der Waals surface area contributed by atoms with Gasteiger partial charge in [0.15, 0.2) is 0 Å². The Labute approximate surface area is 117 Å². The second kappa shape index (κ2) is 7.41. The van der Waals surface area contributed by atoms with Gasteiger partial charge in [-0.1, -0.05) is 24.5 Å². The van der Waals surface area contributed by atoms with Crippen LogP contribution in [0.3, 0.4) is 0 Å². The van der Waals surface area contributed by atoms with E-state index in [0.717, 1.165) is 26.1 Å². The van der Waals surface area contributed by atoms with Crippen LogP contribution < -0.4 is 5.32 Å². The van der Waals surface area contributed by atoms with Gasteiger partial charge in [-0.05, 0) is 32.7 Å². The summed E-state index contributed by atoms with van der Waals surface area (Å²) in [7, 11) is 3.93. The number of nitrogens with one attached hydrogen (secondary N) is 1. The minimum absolute atomic E-state index is 0.0714. The van der Waals surface area contributed by atoms with Gasteiger partial charge in [0.05, 0.1) is 11.6 Å².